The van der Waals surface area contributed by atoms with Gasteiger partial charge in [-0.05, 0) is 18.9 Å². The number of hydrogen-bond donors (Lipinski definition) is 1. The number of rotatable bonds is 11. The van der Waals surface area contributed by atoms with Crippen LogP contribution in [-0.2, 0) is 44.5 Å². The van der Waals surface area contributed by atoms with Gasteiger partial charge in [-0.25, -0.2) is 9.78 Å². The van der Waals surface area contributed by atoms with Crippen LogP contribution in [0, 0.1) is 11.8 Å². The van der Waals surface area contributed by atoms with Crippen LogP contribution in [-0.4, -0.2) is 80.5 Å². The summed E-state index contributed by atoms with van der Waals surface area (Å²) in [7, 11) is 2.73. The van der Waals surface area contributed by atoms with E-state index in [0.29, 0.717) is 0 Å². The van der Waals surface area contributed by atoms with E-state index in [1.165, 1.54) is 33.4 Å². The Bertz CT molecular complexity index is 1300. The molecule has 2 unspecified atom stereocenters. The summed E-state index contributed by atoms with van der Waals surface area (Å²) in [5, 5.41) is 2.44. The third-order valence-corrected chi connectivity index (χ3v) is 6.50. The summed E-state index contributed by atoms with van der Waals surface area (Å²) in [6.45, 7) is 4.27. The summed E-state index contributed by atoms with van der Waals surface area (Å²) < 4.78 is 32.2. The average Bonchev–Trinajstić information content (AvgIpc) is 3.02. The first kappa shape index (κ1) is 33.0. The van der Waals surface area contributed by atoms with E-state index >= 15 is 0 Å². The van der Waals surface area contributed by atoms with Gasteiger partial charge in [-0.3, -0.25) is 19.2 Å². The highest BCUT2D eigenvalue weighted by Crippen LogP contribution is 2.30. The molecule has 1 aromatic carbocycles. The molecule has 4 atom stereocenters. The molecular weight excluding hydrogens is 564 g/mol. The minimum atomic E-state index is -1.47. The number of amides is 1. The van der Waals surface area contributed by atoms with Crippen LogP contribution >= 0.6 is 0 Å². The number of cyclic esters (lactones) is 2. The number of nitrogens with one attached hydrogen (secondary N) is 1. The molecule has 1 saturated heterocycles. The van der Waals surface area contributed by atoms with Gasteiger partial charge in [0.1, 0.15) is 18.6 Å². The molecule has 1 fully saturated rings. The van der Waals surface area contributed by atoms with Crippen molar-refractivity contribution >= 4 is 29.8 Å². The fourth-order valence-corrected chi connectivity index (χ4v) is 4.18. The molecule has 1 aliphatic heterocycles. The molecule has 0 bridgehead atoms. The predicted molar refractivity (Wildman–Crippen MR) is 149 cm³/mol. The third-order valence-electron chi connectivity index (χ3n) is 6.50. The summed E-state index contributed by atoms with van der Waals surface area (Å²) in [6.07, 6.45) is -0.961. The van der Waals surface area contributed by atoms with Gasteiger partial charge in [0, 0.05) is 19.4 Å². The second-order valence-corrected chi connectivity index (χ2v) is 10.1. The lowest BCUT2D eigenvalue weighted by atomic mass is 9.91. The monoisotopic (exact) mass is 600 g/mol. The zero-order chi connectivity index (χ0) is 31.5. The molecular formula is C30H36N2O11. The lowest BCUT2D eigenvalue weighted by Crippen LogP contribution is -2.47. The van der Waals surface area contributed by atoms with Gasteiger partial charge in [-0.2, -0.15) is 0 Å². The number of methoxy groups -OCH3 is 2. The lowest BCUT2D eigenvalue weighted by molar-refractivity contribution is -0.176. The Kier molecular flexibility index (Phi) is 12.0. The van der Waals surface area contributed by atoms with Crippen molar-refractivity contribution in [3.63, 3.8) is 0 Å². The van der Waals surface area contributed by atoms with Gasteiger partial charge in [0.15, 0.2) is 23.6 Å². The Balaban J connectivity index is 1.88. The van der Waals surface area contributed by atoms with E-state index in [9.17, 15) is 24.0 Å². The lowest BCUT2D eigenvalue weighted by Gasteiger charge is -2.29. The van der Waals surface area contributed by atoms with Crippen LogP contribution in [0.1, 0.15) is 43.2 Å². The van der Waals surface area contributed by atoms with Crippen molar-refractivity contribution in [2.75, 3.05) is 27.4 Å². The van der Waals surface area contributed by atoms with Crippen LogP contribution in [0.4, 0.5) is 0 Å². The van der Waals surface area contributed by atoms with Gasteiger partial charge in [-0.1, -0.05) is 44.2 Å². The van der Waals surface area contributed by atoms with E-state index in [2.05, 4.69) is 10.3 Å². The largest absolute Gasteiger partial charge is 0.493 e. The normalized spacial score (nSPS) is 20.5. The Morgan fingerprint density at radius 2 is 1.79 bits per heavy atom. The highest BCUT2D eigenvalue weighted by Gasteiger charge is 2.42. The summed E-state index contributed by atoms with van der Waals surface area (Å²) in [5.41, 5.74) is 0.414. The maximum atomic E-state index is 13.4. The second kappa shape index (κ2) is 15.6. The van der Waals surface area contributed by atoms with E-state index in [4.69, 9.17) is 28.4 Å². The molecule has 2 aromatic rings. The summed E-state index contributed by atoms with van der Waals surface area (Å²) >= 11 is 0. The van der Waals surface area contributed by atoms with Gasteiger partial charge in [-0.15, -0.1) is 0 Å². The summed E-state index contributed by atoms with van der Waals surface area (Å²) in [6, 6.07) is 8.96. The first-order valence-electron chi connectivity index (χ1n) is 13.7. The molecule has 0 saturated carbocycles. The number of nitrogens with zero attached hydrogens (tertiary/aromatic N) is 1. The van der Waals surface area contributed by atoms with Crippen molar-refractivity contribution in [3.05, 3.63) is 53.9 Å². The quantitative estimate of drug-likeness (QED) is 0.295. The number of pyridine rings is 1. The SMILES string of the molecule is COCCC(=O)Oc1c(OC)ccnc1C(=O)NC1COC(=O)[C@H](Cc2ccccc2)C(OC(=O)C(C)C)[C@H](C)OC1=O. The van der Waals surface area contributed by atoms with Crippen LogP contribution in [0.25, 0.3) is 0 Å². The fourth-order valence-electron chi connectivity index (χ4n) is 4.18. The molecule has 13 heteroatoms. The van der Waals surface area contributed by atoms with Crippen LogP contribution in [0.3, 0.4) is 0 Å². The standard InChI is InChI=1S/C30H36N2O11/c1-17(2)28(35)43-25-18(3)41-30(37)21(16-40-29(36)20(25)15-19-9-7-6-8-10-19)32-27(34)24-26(22(39-5)11-13-31-24)42-23(33)12-14-38-4/h6-11,13,17-18,20-21,25H,12,14-16H2,1-5H3,(H,32,34)/t18-,20+,21?,25?/m0/s1. The summed E-state index contributed by atoms with van der Waals surface area (Å²) in [5.74, 6) is -5.66. The van der Waals surface area contributed by atoms with Crippen molar-refractivity contribution in [2.24, 2.45) is 11.8 Å². The van der Waals surface area contributed by atoms with Crippen LogP contribution in [0.15, 0.2) is 42.6 Å². The van der Waals surface area contributed by atoms with E-state index in [-0.39, 0.29) is 36.6 Å². The number of ether oxygens (including phenoxy) is 6. The smallest absolute Gasteiger partial charge is 0.332 e. The van der Waals surface area contributed by atoms with E-state index < -0.39 is 66.5 Å². The zero-order valence-corrected chi connectivity index (χ0v) is 24.7. The van der Waals surface area contributed by atoms with Crippen molar-refractivity contribution in [3.8, 4) is 11.5 Å². The predicted octanol–water partition coefficient (Wildman–Crippen LogP) is 2.05. The topological polar surface area (TPSA) is 166 Å². The van der Waals surface area contributed by atoms with Gasteiger partial charge in [0.05, 0.1) is 26.1 Å². The van der Waals surface area contributed by atoms with Crippen molar-refractivity contribution < 1.29 is 52.4 Å². The van der Waals surface area contributed by atoms with Crippen LogP contribution in [0.2, 0.25) is 0 Å². The van der Waals surface area contributed by atoms with Crippen molar-refractivity contribution in [1.29, 1.82) is 0 Å². The first-order chi connectivity index (χ1) is 20.5. The van der Waals surface area contributed by atoms with Gasteiger partial charge >= 0.3 is 23.9 Å². The highest BCUT2D eigenvalue weighted by molar-refractivity contribution is 5.99. The maximum absolute atomic E-state index is 13.4. The number of esters is 4. The fraction of sp³-hybridized carbons (Fsp3) is 0.467. The maximum Gasteiger partial charge on any atom is 0.332 e. The Morgan fingerprint density at radius 3 is 2.44 bits per heavy atom. The molecule has 0 aliphatic carbocycles. The molecule has 0 spiro atoms. The van der Waals surface area contributed by atoms with Gasteiger partial charge in [0.25, 0.3) is 5.91 Å². The number of carbonyl (C=O) groups excluding carboxylic acids is 5. The Labute approximate surface area is 249 Å². The van der Waals surface area contributed by atoms with Crippen LogP contribution < -0.4 is 14.8 Å². The number of benzene rings is 1. The summed E-state index contributed by atoms with van der Waals surface area (Å²) in [4.78, 5) is 68.8. The number of aromatic nitrogens is 1. The molecule has 232 valence electrons. The molecule has 0 radical (unpaired) electrons. The van der Waals surface area contributed by atoms with E-state index in [1.807, 2.05) is 18.2 Å². The Hall–Kier alpha value is -4.52. The van der Waals surface area contributed by atoms with Crippen molar-refractivity contribution in [1.82, 2.24) is 10.3 Å². The van der Waals surface area contributed by atoms with Gasteiger partial charge < -0.3 is 33.7 Å². The first-order valence-corrected chi connectivity index (χ1v) is 13.7. The molecule has 43 heavy (non-hydrogen) atoms. The van der Waals surface area contributed by atoms with Crippen LogP contribution in [0.5, 0.6) is 11.5 Å². The zero-order valence-electron chi connectivity index (χ0n) is 24.7. The second-order valence-electron chi connectivity index (χ2n) is 10.1. The molecule has 1 N–H and O–H groups in total. The minimum Gasteiger partial charge on any atom is -0.493 e. The minimum absolute atomic E-state index is 0.0431. The molecule has 2 heterocycles. The molecule has 3 rings (SSSR count). The van der Waals surface area contributed by atoms with Gasteiger partial charge in [0.2, 0.25) is 5.75 Å². The molecule has 1 amide bonds. The number of carbonyl (C=O) groups is 5. The molecule has 13 nitrogen and oxygen atoms in total. The third kappa shape index (κ3) is 8.98. The molecule has 1 aliphatic rings. The van der Waals surface area contributed by atoms with E-state index in [0.717, 1.165) is 5.56 Å². The van der Waals surface area contributed by atoms with E-state index in [1.54, 1.807) is 26.0 Å². The van der Waals surface area contributed by atoms with Crippen molar-refractivity contribution in [2.45, 2.75) is 51.9 Å². The highest BCUT2D eigenvalue weighted by atomic mass is 16.6. The number of hydrogen-bond acceptors (Lipinski definition) is 12. The average molecular weight is 601 g/mol. The Morgan fingerprint density at radius 1 is 1.07 bits per heavy atom. The molecule has 1 aromatic heterocycles.